The molecule has 180 valence electrons. The molecule has 0 radical (unpaired) electrons. The predicted octanol–water partition coefficient (Wildman–Crippen LogP) is 0.422. The van der Waals surface area contributed by atoms with E-state index in [0.29, 0.717) is 54.4 Å². The van der Waals surface area contributed by atoms with Crippen molar-refractivity contribution < 1.29 is 54.0 Å². The standard InChI is InChI=1S/C23H26BrN5O5.Na/c1-4-6-16-19(8-7-15(14(3)30)21(16)31)33-9-5-10-34-20-12-18(13(2)11-17(20)24)25-23(32)22-26-28-29-27-22;/h7-8,11-12,31H,4-6,9-10H2,1-3H3,(H,25,32)(H,26,27,28,29);/q;+1/p-1. The van der Waals surface area contributed by atoms with Gasteiger partial charge in [0.25, 0.3) is 0 Å². The number of carbonyl (C=O) groups is 1. The van der Waals surface area contributed by atoms with Gasteiger partial charge in [0.2, 0.25) is 5.82 Å². The third-order valence-electron chi connectivity index (χ3n) is 4.93. The monoisotopic (exact) mass is 553 g/mol. The first-order chi connectivity index (χ1) is 16.3. The summed E-state index contributed by atoms with van der Waals surface area (Å²) in [5.41, 5.74) is 2.14. The van der Waals surface area contributed by atoms with Crippen LogP contribution in [0.15, 0.2) is 33.7 Å². The average molecular weight is 554 g/mol. The van der Waals surface area contributed by atoms with Crippen LogP contribution >= 0.6 is 15.9 Å². The van der Waals surface area contributed by atoms with E-state index < -0.39 is 5.90 Å². The summed E-state index contributed by atoms with van der Waals surface area (Å²) < 4.78 is 12.4. The molecule has 0 saturated heterocycles. The SMILES string of the molecule is CCCc1c(OCCCOc2cc(N=C([O-])c3nn[nH]n3)c(C)cc2Br)ccc(C(C)=O)c1O.[Na+]. The van der Waals surface area contributed by atoms with E-state index in [2.05, 4.69) is 41.5 Å². The van der Waals surface area contributed by atoms with Gasteiger partial charge < -0.3 is 19.7 Å². The summed E-state index contributed by atoms with van der Waals surface area (Å²) >= 11 is 3.47. The molecule has 0 aliphatic heterocycles. The Hall–Kier alpha value is -2.47. The molecule has 2 aromatic carbocycles. The Morgan fingerprint density at radius 3 is 2.57 bits per heavy atom. The number of aromatic nitrogens is 4. The fourth-order valence-corrected chi connectivity index (χ4v) is 3.81. The van der Waals surface area contributed by atoms with E-state index in [4.69, 9.17) is 9.47 Å². The third kappa shape index (κ3) is 7.50. The summed E-state index contributed by atoms with van der Waals surface area (Å²) in [4.78, 5) is 15.7. The number of halogens is 1. The van der Waals surface area contributed by atoms with Gasteiger partial charge >= 0.3 is 29.6 Å². The number of phenolic OH excluding ortho intramolecular Hbond substituents is 1. The molecule has 3 rings (SSSR count). The topological polar surface area (TPSA) is 146 Å². The first-order valence-electron chi connectivity index (χ1n) is 10.7. The van der Waals surface area contributed by atoms with Crippen LogP contribution in [0.2, 0.25) is 0 Å². The molecule has 10 nitrogen and oxygen atoms in total. The van der Waals surface area contributed by atoms with Crippen LogP contribution in [-0.2, 0) is 6.42 Å². The smallest absolute Gasteiger partial charge is 0.856 e. The van der Waals surface area contributed by atoms with Gasteiger partial charge in [-0.3, -0.25) is 9.79 Å². The molecule has 3 aromatic rings. The molecule has 0 fully saturated rings. The van der Waals surface area contributed by atoms with Crippen molar-refractivity contribution in [2.45, 2.75) is 40.0 Å². The summed E-state index contributed by atoms with van der Waals surface area (Å²) in [6, 6.07) is 6.76. The normalized spacial score (nSPS) is 11.1. The number of aryl methyl sites for hydroxylation is 1. The Morgan fingerprint density at radius 1 is 1.23 bits per heavy atom. The van der Waals surface area contributed by atoms with E-state index in [1.54, 1.807) is 18.2 Å². The van der Waals surface area contributed by atoms with Gasteiger partial charge in [-0.25, -0.2) is 0 Å². The molecule has 35 heavy (non-hydrogen) atoms. The van der Waals surface area contributed by atoms with Gasteiger partial charge in [-0.05, 0) is 65.2 Å². The van der Waals surface area contributed by atoms with Crippen LogP contribution in [-0.4, -0.2) is 50.6 Å². The first-order valence-corrected chi connectivity index (χ1v) is 11.5. The second-order valence-corrected chi connectivity index (χ2v) is 8.37. The minimum absolute atomic E-state index is 0. The number of ketones is 1. The number of rotatable bonds is 11. The van der Waals surface area contributed by atoms with Gasteiger partial charge in [0.05, 0.1) is 28.9 Å². The number of H-pyrrole nitrogens is 1. The Kier molecular flexibility index (Phi) is 11.2. The number of aliphatic imine (C=N–C) groups is 1. The molecule has 12 heteroatoms. The molecule has 0 bridgehead atoms. The van der Waals surface area contributed by atoms with E-state index in [9.17, 15) is 15.0 Å². The van der Waals surface area contributed by atoms with E-state index >= 15 is 0 Å². The maximum atomic E-state index is 12.2. The number of hydrogen-bond acceptors (Lipinski definition) is 9. The molecule has 0 saturated carbocycles. The quantitative estimate of drug-likeness (QED) is 0.114. The van der Waals surface area contributed by atoms with E-state index in [1.807, 2.05) is 19.9 Å². The number of phenols is 1. The Morgan fingerprint density at radius 2 is 1.94 bits per heavy atom. The van der Waals surface area contributed by atoms with Crippen LogP contribution in [0.25, 0.3) is 0 Å². The van der Waals surface area contributed by atoms with Gasteiger partial charge in [-0.2, -0.15) is 5.21 Å². The molecule has 0 atom stereocenters. The minimum Gasteiger partial charge on any atom is -0.856 e. The van der Waals surface area contributed by atoms with Crippen LogP contribution in [0.3, 0.4) is 0 Å². The number of nitrogens with one attached hydrogen (secondary N) is 1. The summed E-state index contributed by atoms with van der Waals surface area (Å²) in [7, 11) is 0. The van der Waals surface area contributed by atoms with E-state index in [0.717, 1.165) is 16.5 Å². The zero-order valence-electron chi connectivity index (χ0n) is 20.1. The van der Waals surface area contributed by atoms with Gasteiger partial charge in [0.1, 0.15) is 17.2 Å². The van der Waals surface area contributed by atoms with Gasteiger partial charge in [-0.1, -0.05) is 13.3 Å². The van der Waals surface area contributed by atoms with Crippen molar-refractivity contribution >= 4 is 33.3 Å². The van der Waals surface area contributed by atoms with Crippen molar-refractivity contribution in [2.24, 2.45) is 4.99 Å². The summed E-state index contributed by atoms with van der Waals surface area (Å²) in [5, 5.41) is 35.5. The maximum Gasteiger partial charge on any atom is 1.00 e. The largest absolute Gasteiger partial charge is 1.00 e. The number of nitrogens with zero attached hydrogens (tertiary/aromatic N) is 4. The molecule has 0 amide bonds. The van der Waals surface area contributed by atoms with Crippen molar-refractivity contribution in [2.75, 3.05) is 13.2 Å². The fraction of sp³-hybridized carbons (Fsp3) is 0.348. The number of Topliss-reactive ketones (excluding diaryl/α,β-unsaturated/α-hetero) is 1. The predicted molar refractivity (Wildman–Crippen MR) is 127 cm³/mol. The van der Waals surface area contributed by atoms with Crippen LogP contribution in [0, 0.1) is 6.92 Å². The number of carbonyl (C=O) groups excluding carboxylic acids is 1. The van der Waals surface area contributed by atoms with Crippen molar-refractivity contribution in [3.63, 3.8) is 0 Å². The maximum absolute atomic E-state index is 12.2. The zero-order valence-corrected chi connectivity index (χ0v) is 23.7. The molecule has 2 N–H and O–H groups in total. The summed E-state index contributed by atoms with van der Waals surface area (Å²) in [6.07, 6.45) is 1.97. The molecule has 1 heterocycles. The van der Waals surface area contributed by atoms with E-state index in [-0.39, 0.29) is 46.9 Å². The summed E-state index contributed by atoms with van der Waals surface area (Å²) in [6.45, 7) is 5.94. The minimum atomic E-state index is -0.611. The Bertz CT molecular complexity index is 1190. The van der Waals surface area contributed by atoms with Gasteiger partial charge in [0, 0.05) is 23.9 Å². The molecule has 0 aliphatic rings. The number of aromatic hydroxyl groups is 1. The fourth-order valence-electron chi connectivity index (χ4n) is 3.24. The molecule has 0 unspecified atom stereocenters. The third-order valence-corrected chi connectivity index (χ3v) is 5.55. The van der Waals surface area contributed by atoms with Gasteiger partial charge in [0.15, 0.2) is 5.78 Å². The van der Waals surface area contributed by atoms with E-state index in [1.165, 1.54) is 6.92 Å². The van der Waals surface area contributed by atoms with Crippen LogP contribution < -0.4 is 44.1 Å². The average Bonchev–Trinajstić information content (AvgIpc) is 3.33. The van der Waals surface area contributed by atoms with Crippen LogP contribution in [0.1, 0.15) is 54.0 Å². The molecule has 0 spiro atoms. The zero-order chi connectivity index (χ0) is 24.7. The number of tetrazole rings is 1. The van der Waals surface area contributed by atoms with Crippen molar-refractivity contribution in [3.8, 4) is 17.2 Å². The number of hydrogen-bond donors (Lipinski definition) is 2. The van der Waals surface area contributed by atoms with Crippen LogP contribution in [0.4, 0.5) is 5.69 Å². The van der Waals surface area contributed by atoms with Crippen molar-refractivity contribution in [1.29, 1.82) is 0 Å². The number of ether oxygens (including phenoxy) is 2. The first kappa shape index (κ1) is 28.8. The second-order valence-electron chi connectivity index (χ2n) is 7.52. The molecule has 0 aliphatic carbocycles. The Balaban J connectivity index is 0.00000432. The van der Waals surface area contributed by atoms with Crippen molar-refractivity contribution in [3.05, 3.63) is 51.3 Å². The number of aromatic amines is 1. The molecule has 1 aromatic heterocycles. The molecular weight excluding hydrogens is 529 g/mol. The molecular formula is C23H25BrN5NaO5. The second kappa shape index (κ2) is 13.6. The summed E-state index contributed by atoms with van der Waals surface area (Å²) in [5.74, 6) is 0.149. The van der Waals surface area contributed by atoms with Gasteiger partial charge in [-0.15, -0.1) is 10.2 Å². The number of benzene rings is 2. The van der Waals surface area contributed by atoms with Crippen LogP contribution in [0.5, 0.6) is 17.2 Å². The Labute approximate surface area is 233 Å². The van der Waals surface area contributed by atoms with Crippen molar-refractivity contribution in [1.82, 2.24) is 20.6 Å².